The van der Waals surface area contributed by atoms with Crippen LogP contribution in [-0.2, 0) is 0 Å². The van der Waals surface area contributed by atoms with Crippen LogP contribution in [0.5, 0.6) is 0 Å². The summed E-state index contributed by atoms with van der Waals surface area (Å²) in [6.07, 6.45) is 11.0. The van der Waals surface area contributed by atoms with E-state index in [2.05, 4.69) is 28.3 Å². The van der Waals surface area contributed by atoms with Gasteiger partial charge >= 0.3 is 0 Å². The highest BCUT2D eigenvalue weighted by molar-refractivity contribution is 7.13. The van der Waals surface area contributed by atoms with Gasteiger partial charge in [0.15, 0.2) is 0 Å². The second kappa shape index (κ2) is 6.48. The Balaban J connectivity index is 1.51. The molecular weight excluding hydrogens is 354 g/mol. The first-order valence-electron chi connectivity index (χ1n) is 9.94. The number of nitrogens with zero attached hydrogens (tertiary/aromatic N) is 1. The minimum absolute atomic E-state index is 0.0131. The van der Waals surface area contributed by atoms with Crippen LogP contribution in [-0.4, -0.2) is 21.4 Å². The lowest BCUT2D eigenvalue weighted by Gasteiger charge is -2.32. The smallest absolute Gasteiger partial charge is 0.252 e. The van der Waals surface area contributed by atoms with Gasteiger partial charge < -0.3 is 10.3 Å². The van der Waals surface area contributed by atoms with Gasteiger partial charge in [-0.15, -0.1) is 11.3 Å². The van der Waals surface area contributed by atoms with Crippen LogP contribution in [0.1, 0.15) is 55.8 Å². The minimum Gasteiger partial charge on any atom is -0.361 e. The third-order valence-electron chi connectivity index (χ3n) is 6.53. The van der Waals surface area contributed by atoms with Crippen LogP contribution in [0.3, 0.4) is 0 Å². The van der Waals surface area contributed by atoms with Crippen LogP contribution in [0.15, 0.2) is 36.1 Å². The zero-order valence-corrected chi connectivity index (χ0v) is 16.4. The third-order valence-corrected chi connectivity index (χ3v) is 7.35. The fourth-order valence-electron chi connectivity index (χ4n) is 5.29. The molecule has 2 saturated carbocycles. The van der Waals surface area contributed by atoms with Gasteiger partial charge in [0.2, 0.25) is 0 Å². The van der Waals surface area contributed by atoms with E-state index in [0.29, 0.717) is 5.92 Å². The fraction of sp³-hybridized carbons (Fsp3) is 0.455. The van der Waals surface area contributed by atoms with E-state index < -0.39 is 0 Å². The second-order valence-corrected chi connectivity index (χ2v) is 9.44. The van der Waals surface area contributed by atoms with E-state index in [1.165, 1.54) is 19.3 Å². The molecule has 2 N–H and O–H groups in total. The summed E-state index contributed by atoms with van der Waals surface area (Å²) in [5, 5.41) is 4.49. The van der Waals surface area contributed by atoms with Crippen LogP contribution in [0.2, 0.25) is 0 Å². The number of hydrogen-bond acceptors (Lipinski definition) is 3. The van der Waals surface area contributed by atoms with Crippen molar-refractivity contribution in [2.24, 2.45) is 11.8 Å². The van der Waals surface area contributed by atoms with Crippen LogP contribution in [0.25, 0.3) is 21.3 Å². The molecule has 1 aromatic carbocycles. The highest BCUT2D eigenvalue weighted by Crippen LogP contribution is 2.45. The number of benzene rings is 1. The number of nitrogens with one attached hydrogen (secondary N) is 2. The SMILES string of the molecule is CC1CCC2CCC(NC(=O)c3cc(-c4cncs4)cc4[nH]ccc34)(C1)C2. The molecule has 27 heavy (non-hydrogen) atoms. The summed E-state index contributed by atoms with van der Waals surface area (Å²) in [6, 6.07) is 6.14. The normalized spacial score (nSPS) is 27.6. The average Bonchev–Trinajstić information content (AvgIpc) is 3.37. The zero-order chi connectivity index (χ0) is 18.4. The van der Waals surface area contributed by atoms with Crippen molar-refractivity contribution in [2.75, 3.05) is 0 Å². The first-order valence-corrected chi connectivity index (χ1v) is 10.8. The summed E-state index contributed by atoms with van der Waals surface area (Å²) in [6.45, 7) is 2.34. The third kappa shape index (κ3) is 3.08. The number of fused-ring (bicyclic) bond motifs is 3. The average molecular weight is 380 g/mol. The summed E-state index contributed by atoms with van der Waals surface area (Å²) in [4.78, 5) is 22.0. The second-order valence-electron chi connectivity index (χ2n) is 8.56. The van der Waals surface area contributed by atoms with Crippen molar-refractivity contribution in [3.8, 4) is 10.4 Å². The van der Waals surface area contributed by atoms with Gasteiger partial charge in [-0.1, -0.05) is 19.8 Å². The van der Waals surface area contributed by atoms with Crippen LogP contribution < -0.4 is 5.32 Å². The Hall–Kier alpha value is -2.14. The predicted octanol–water partition coefficient (Wildman–Crippen LogP) is 5.38. The van der Waals surface area contributed by atoms with Gasteiger partial charge in [0.25, 0.3) is 5.91 Å². The predicted molar refractivity (Wildman–Crippen MR) is 110 cm³/mol. The Morgan fingerprint density at radius 2 is 2.22 bits per heavy atom. The first kappa shape index (κ1) is 17.0. The Kier molecular flexibility index (Phi) is 4.08. The molecule has 3 unspecified atom stereocenters. The van der Waals surface area contributed by atoms with E-state index in [0.717, 1.165) is 52.1 Å². The highest BCUT2D eigenvalue weighted by atomic mass is 32.1. The molecule has 0 spiro atoms. The molecule has 5 rings (SSSR count). The number of amides is 1. The lowest BCUT2D eigenvalue weighted by Crippen LogP contribution is -2.47. The number of H-pyrrole nitrogens is 1. The van der Waals surface area contributed by atoms with E-state index in [-0.39, 0.29) is 11.4 Å². The van der Waals surface area contributed by atoms with Crippen molar-refractivity contribution in [2.45, 2.75) is 51.0 Å². The molecule has 2 aliphatic carbocycles. The van der Waals surface area contributed by atoms with E-state index >= 15 is 0 Å². The lowest BCUT2D eigenvalue weighted by molar-refractivity contribution is 0.0888. The van der Waals surface area contributed by atoms with Crippen molar-refractivity contribution < 1.29 is 4.79 Å². The molecule has 2 fully saturated rings. The van der Waals surface area contributed by atoms with Crippen molar-refractivity contribution in [3.05, 3.63) is 41.7 Å². The molecule has 3 atom stereocenters. The molecule has 2 aliphatic rings. The van der Waals surface area contributed by atoms with Crippen molar-refractivity contribution >= 4 is 28.1 Å². The number of thiazole rings is 1. The molecule has 2 heterocycles. The molecule has 0 aliphatic heterocycles. The van der Waals surface area contributed by atoms with Crippen LogP contribution in [0, 0.1) is 11.8 Å². The molecule has 2 bridgehead atoms. The van der Waals surface area contributed by atoms with E-state index in [1.54, 1.807) is 11.3 Å². The number of carbonyl (C=O) groups is 1. The van der Waals surface area contributed by atoms with Gasteiger partial charge in [-0.2, -0.15) is 0 Å². The molecule has 3 aromatic rings. The maximum Gasteiger partial charge on any atom is 0.252 e. The molecular formula is C22H25N3OS. The Morgan fingerprint density at radius 1 is 1.30 bits per heavy atom. The summed E-state index contributed by atoms with van der Waals surface area (Å²) >= 11 is 1.60. The Bertz CT molecular complexity index is 977. The zero-order valence-electron chi connectivity index (χ0n) is 15.6. The van der Waals surface area contributed by atoms with Crippen molar-refractivity contribution in [1.82, 2.24) is 15.3 Å². The topological polar surface area (TPSA) is 57.8 Å². The summed E-state index contributed by atoms with van der Waals surface area (Å²) in [5.41, 5.74) is 4.64. The molecule has 1 amide bonds. The summed E-state index contributed by atoms with van der Waals surface area (Å²) in [5.74, 6) is 1.54. The minimum atomic E-state index is -0.0131. The molecule has 5 heteroatoms. The van der Waals surface area contributed by atoms with Gasteiger partial charge in [0.1, 0.15) is 0 Å². The molecule has 2 aromatic heterocycles. The molecule has 4 nitrogen and oxygen atoms in total. The van der Waals surface area contributed by atoms with Gasteiger partial charge in [-0.3, -0.25) is 9.78 Å². The molecule has 0 radical (unpaired) electrons. The van der Waals surface area contributed by atoms with Gasteiger partial charge in [0, 0.05) is 34.4 Å². The number of rotatable bonds is 3. The van der Waals surface area contributed by atoms with Crippen molar-refractivity contribution in [1.29, 1.82) is 0 Å². The van der Waals surface area contributed by atoms with Crippen molar-refractivity contribution in [3.63, 3.8) is 0 Å². The summed E-state index contributed by atoms with van der Waals surface area (Å²) < 4.78 is 0. The van der Waals surface area contributed by atoms with Gasteiger partial charge in [-0.25, -0.2) is 0 Å². The quantitative estimate of drug-likeness (QED) is 0.642. The molecule has 140 valence electrons. The number of hydrogen-bond donors (Lipinski definition) is 2. The number of carbonyl (C=O) groups excluding carboxylic acids is 1. The van der Waals surface area contributed by atoms with Crippen LogP contribution >= 0.6 is 11.3 Å². The Labute approximate surface area is 163 Å². The lowest BCUT2D eigenvalue weighted by atomic mass is 9.86. The van der Waals surface area contributed by atoms with Gasteiger partial charge in [0.05, 0.1) is 10.4 Å². The van der Waals surface area contributed by atoms with E-state index in [4.69, 9.17) is 0 Å². The highest BCUT2D eigenvalue weighted by Gasteiger charge is 2.43. The Morgan fingerprint density at radius 3 is 3.07 bits per heavy atom. The van der Waals surface area contributed by atoms with E-state index in [1.807, 2.05) is 30.0 Å². The van der Waals surface area contributed by atoms with Crippen LogP contribution in [0.4, 0.5) is 0 Å². The monoisotopic (exact) mass is 379 g/mol. The largest absolute Gasteiger partial charge is 0.361 e. The maximum absolute atomic E-state index is 13.4. The van der Waals surface area contributed by atoms with E-state index in [9.17, 15) is 4.79 Å². The fourth-order valence-corrected chi connectivity index (χ4v) is 5.90. The first-order chi connectivity index (χ1) is 13.1. The molecule has 0 saturated heterocycles. The number of aromatic amines is 1. The standard InChI is InChI=1S/C22H25N3OS/c1-14-2-3-15-4-6-22(10-14,11-15)25-21(26)18-8-16(20-12-23-13-27-20)9-19-17(18)5-7-24-19/h5,7-9,12-15,24H,2-4,6,10-11H2,1H3,(H,25,26). The summed E-state index contributed by atoms with van der Waals surface area (Å²) in [7, 11) is 0. The van der Waals surface area contributed by atoms with Gasteiger partial charge in [-0.05, 0) is 61.3 Å². The number of aromatic nitrogens is 2. The maximum atomic E-state index is 13.4.